The molecule has 0 spiro atoms. The van der Waals surface area contributed by atoms with Gasteiger partial charge in [-0.05, 0) is 36.8 Å². The number of pyridine rings is 1. The summed E-state index contributed by atoms with van der Waals surface area (Å²) >= 11 is 1.14. The summed E-state index contributed by atoms with van der Waals surface area (Å²) in [6, 6.07) is 8.98. The van der Waals surface area contributed by atoms with Crippen molar-refractivity contribution in [2.45, 2.75) is 30.1 Å². The minimum Gasteiger partial charge on any atom is -0.293 e. The van der Waals surface area contributed by atoms with Gasteiger partial charge in [-0.2, -0.15) is 13.2 Å². The Morgan fingerprint density at radius 1 is 1.04 bits per heavy atom. The Hall–Kier alpha value is -2.42. The molecule has 0 fully saturated rings. The Balaban J connectivity index is 1.93. The van der Waals surface area contributed by atoms with Crippen molar-refractivity contribution in [1.82, 2.24) is 19.7 Å². The average molecular weight is 382 g/mol. The van der Waals surface area contributed by atoms with Crippen molar-refractivity contribution in [3.8, 4) is 11.4 Å². The molecule has 0 bridgehead atoms. The van der Waals surface area contributed by atoms with Crippen molar-refractivity contribution >= 4 is 11.8 Å². The van der Waals surface area contributed by atoms with Crippen LogP contribution >= 0.6 is 11.8 Å². The fourth-order valence-electron chi connectivity index (χ4n) is 2.37. The van der Waals surface area contributed by atoms with Crippen LogP contribution in [0.5, 0.6) is 0 Å². The highest BCUT2D eigenvalue weighted by atomic mass is 32.2. The molecule has 0 saturated heterocycles. The quantitative estimate of drug-likeness (QED) is 0.465. The molecule has 0 radical (unpaired) electrons. The van der Waals surface area contributed by atoms with Crippen LogP contribution in [0.15, 0.2) is 53.9 Å². The van der Waals surface area contributed by atoms with Crippen molar-refractivity contribution in [3.05, 3.63) is 60.2 Å². The molecule has 0 saturated carbocycles. The molecule has 0 N–H and O–H groups in total. The lowest BCUT2D eigenvalue weighted by Crippen LogP contribution is -2.19. The Kier molecular flexibility index (Phi) is 5.26. The summed E-state index contributed by atoms with van der Waals surface area (Å²) in [5, 5.41) is 7.80. The Labute approximate surface area is 151 Å². The molecule has 0 amide bonds. The van der Waals surface area contributed by atoms with Crippen LogP contribution in [0.2, 0.25) is 0 Å². The standard InChI is InChI=1S/C17H14F4N4S/c1-11(12-2-4-14(18)5-3-12)26-16-24-23-15(13-6-8-22-9-7-13)25(16)10-17(19,20)21/h2-9,11H,10H2,1H3. The summed E-state index contributed by atoms with van der Waals surface area (Å²) in [5.74, 6) is -0.246. The lowest BCUT2D eigenvalue weighted by Gasteiger charge is -2.15. The zero-order valence-electron chi connectivity index (χ0n) is 13.6. The van der Waals surface area contributed by atoms with E-state index in [1.54, 1.807) is 24.3 Å². The van der Waals surface area contributed by atoms with Gasteiger partial charge in [0.15, 0.2) is 11.0 Å². The summed E-state index contributed by atoms with van der Waals surface area (Å²) in [5.41, 5.74) is 1.28. The van der Waals surface area contributed by atoms with E-state index in [-0.39, 0.29) is 22.0 Å². The largest absolute Gasteiger partial charge is 0.406 e. The van der Waals surface area contributed by atoms with Gasteiger partial charge in [0.25, 0.3) is 0 Å². The van der Waals surface area contributed by atoms with E-state index in [4.69, 9.17) is 0 Å². The highest BCUT2D eigenvalue weighted by Gasteiger charge is 2.32. The van der Waals surface area contributed by atoms with Gasteiger partial charge < -0.3 is 0 Å². The zero-order valence-corrected chi connectivity index (χ0v) is 14.4. The molecule has 9 heteroatoms. The summed E-state index contributed by atoms with van der Waals surface area (Å²) in [4.78, 5) is 3.86. The van der Waals surface area contributed by atoms with Crippen LogP contribution < -0.4 is 0 Å². The molecule has 3 rings (SSSR count). The molecule has 1 atom stereocenters. The molecule has 1 unspecified atom stereocenters. The monoisotopic (exact) mass is 382 g/mol. The SMILES string of the molecule is CC(Sc1nnc(-c2ccncc2)n1CC(F)(F)F)c1ccc(F)cc1. The topological polar surface area (TPSA) is 43.6 Å². The number of nitrogens with zero attached hydrogens (tertiary/aromatic N) is 4. The predicted molar refractivity (Wildman–Crippen MR) is 90.0 cm³/mol. The fourth-order valence-corrected chi connectivity index (χ4v) is 3.35. The zero-order chi connectivity index (χ0) is 18.7. The molecule has 136 valence electrons. The molecule has 26 heavy (non-hydrogen) atoms. The third-order valence-corrected chi connectivity index (χ3v) is 4.75. The van der Waals surface area contributed by atoms with Crippen molar-refractivity contribution in [3.63, 3.8) is 0 Å². The lowest BCUT2D eigenvalue weighted by atomic mass is 10.2. The predicted octanol–water partition coefficient (Wildman–Crippen LogP) is 4.89. The van der Waals surface area contributed by atoms with Crippen molar-refractivity contribution in [1.29, 1.82) is 0 Å². The van der Waals surface area contributed by atoms with E-state index in [0.717, 1.165) is 21.9 Å². The van der Waals surface area contributed by atoms with Crippen LogP contribution in [-0.2, 0) is 6.54 Å². The normalized spacial score (nSPS) is 13.0. The van der Waals surface area contributed by atoms with E-state index in [1.807, 2.05) is 6.92 Å². The third kappa shape index (κ3) is 4.40. The van der Waals surface area contributed by atoms with Crippen molar-refractivity contribution < 1.29 is 17.6 Å². The molecule has 0 aliphatic heterocycles. The van der Waals surface area contributed by atoms with Crippen LogP contribution in [-0.4, -0.2) is 25.9 Å². The number of hydrogen-bond donors (Lipinski definition) is 0. The second-order valence-electron chi connectivity index (χ2n) is 5.56. The highest BCUT2D eigenvalue weighted by molar-refractivity contribution is 7.99. The maximum absolute atomic E-state index is 13.1. The second kappa shape index (κ2) is 7.45. The minimum absolute atomic E-state index is 0.124. The number of benzene rings is 1. The minimum atomic E-state index is -4.42. The van der Waals surface area contributed by atoms with Gasteiger partial charge >= 0.3 is 6.18 Å². The van der Waals surface area contributed by atoms with E-state index in [2.05, 4.69) is 15.2 Å². The Morgan fingerprint density at radius 2 is 1.69 bits per heavy atom. The molecule has 4 nitrogen and oxygen atoms in total. The van der Waals surface area contributed by atoms with Crippen LogP contribution in [0.1, 0.15) is 17.7 Å². The first-order chi connectivity index (χ1) is 12.3. The van der Waals surface area contributed by atoms with Gasteiger partial charge in [0.1, 0.15) is 12.4 Å². The summed E-state index contributed by atoms with van der Waals surface area (Å²) in [6.07, 6.45) is -1.45. The molecule has 1 aromatic carbocycles. The average Bonchev–Trinajstić information content (AvgIpc) is 2.97. The van der Waals surface area contributed by atoms with E-state index in [1.165, 1.54) is 24.5 Å². The maximum Gasteiger partial charge on any atom is 0.406 e. The van der Waals surface area contributed by atoms with Gasteiger partial charge in [-0.3, -0.25) is 9.55 Å². The number of alkyl halides is 3. The van der Waals surface area contributed by atoms with Crippen LogP contribution in [0.25, 0.3) is 11.4 Å². The van der Waals surface area contributed by atoms with E-state index < -0.39 is 12.7 Å². The molecule has 2 aromatic heterocycles. The van der Waals surface area contributed by atoms with Crippen molar-refractivity contribution in [2.75, 3.05) is 0 Å². The Bertz CT molecular complexity index is 863. The van der Waals surface area contributed by atoms with Gasteiger partial charge in [-0.15, -0.1) is 10.2 Å². The number of halogens is 4. The molecular weight excluding hydrogens is 368 g/mol. The first kappa shape index (κ1) is 18.4. The van der Waals surface area contributed by atoms with E-state index in [9.17, 15) is 17.6 Å². The summed E-state index contributed by atoms with van der Waals surface area (Å²) in [7, 11) is 0. The summed E-state index contributed by atoms with van der Waals surface area (Å²) in [6.45, 7) is 0.618. The van der Waals surface area contributed by atoms with Crippen LogP contribution in [0, 0.1) is 5.82 Å². The highest BCUT2D eigenvalue weighted by Crippen LogP contribution is 2.36. The van der Waals surface area contributed by atoms with E-state index in [0.29, 0.717) is 5.56 Å². The van der Waals surface area contributed by atoms with Crippen molar-refractivity contribution in [2.24, 2.45) is 0 Å². The smallest absolute Gasteiger partial charge is 0.293 e. The van der Waals surface area contributed by atoms with E-state index >= 15 is 0 Å². The third-order valence-electron chi connectivity index (χ3n) is 3.61. The number of rotatable bonds is 5. The van der Waals surface area contributed by atoms with Gasteiger partial charge in [0.2, 0.25) is 0 Å². The van der Waals surface area contributed by atoms with Crippen LogP contribution in [0.3, 0.4) is 0 Å². The maximum atomic E-state index is 13.1. The number of aromatic nitrogens is 4. The van der Waals surface area contributed by atoms with Gasteiger partial charge in [0.05, 0.1) is 0 Å². The summed E-state index contributed by atoms with van der Waals surface area (Å²) < 4.78 is 53.3. The molecule has 0 aliphatic carbocycles. The molecule has 3 aromatic rings. The fraction of sp³-hybridized carbons (Fsp3) is 0.235. The molecular formula is C17H14F4N4S. The van der Waals surface area contributed by atoms with Gasteiger partial charge in [-0.25, -0.2) is 4.39 Å². The van der Waals surface area contributed by atoms with Gasteiger partial charge in [0, 0.05) is 23.2 Å². The van der Waals surface area contributed by atoms with Crippen LogP contribution in [0.4, 0.5) is 17.6 Å². The Morgan fingerprint density at radius 3 is 2.31 bits per heavy atom. The number of thioether (sulfide) groups is 1. The number of hydrogen-bond acceptors (Lipinski definition) is 4. The first-order valence-electron chi connectivity index (χ1n) is 7.66. The molecule has 0 aliphatic rings. The second-order valence-corrected chi connectivity index (χ2v) is 6.86. The molecule has 2 heterocycles. The van der Waals surface area contributed by atoms with Gasteiger partial charge in [-0.1, -0.05) is 23.9 Å². The lowest BCUT2D eigenvalue weighted by molar-refractivity contribution is -0.141. The first-order valence-corrected chi connectivity index (χ1v) is 8.54.